The summed E-state index contributed by atoms with van der Waals surface area (Å²) in [5.41, 5.74) is 0. The van der Waals surface area contributed by atoms with Crippen molar-refractivity contribution in [2.75, 3.05) is 6.61 Å². The second kappa shape index (κ2) is 3.40. The first-order chi connectivity index (χ1) is 3.98. The van der Waals surface area contributed by atoms with Crippen molar-refractivity contribution in [2.45, 2.75) is 6.18 Å². The van der Waals surface area contributed by atoms with E-state index in [9.17, 15) is 13.2 Å². The predicted molar refractivity (Wildman–Crippen MR) is 35.2 cm³/mol. The van der Waals surface area contributed by atoms with Crippen LogP contribution in [0.4, 0.5) is 13.2 Å². The fourth-order valence-corrected chi connectivity index (χ4v) is 0.393. The van der Waals surface area contributed by atoms with Crippen LogP contribution in [-0.4, -0.2) is 17.9 Å². The molecule has 1 nitrogen and oxygen atoms in total. The highest BCUT2D eigenvalue weighted by Gasteiger charge is 2.30. The third kappa shape index (κ3) is 3.74. The van der Waals surface area contributed by atoms with Crippen LogP contribution in [0.2, 0.25) is 0 Å². The lowest BCUT2D eigenvalue weighted by Gasteiger charge is -2.02. The molecule has 0 amide bonds. The van der Waals surface area contributed by atoms with Gasteiger partial charge in [-0.25, -0.2) is 0 Å². The Morgan fingerprint density at radius 2 is 2.00 bits per heavy atom. The topological polar surface area (TPSA) is 20.2 Å². The van der Waals surface area contributed by atoms with E-state index in [-0.39, 0.29) is 0 Å². The van der Waals surface area contributed by atoms with Crippen molar-refractivity contribution in [1.29, 1.82) is 0 Å². The molecule has 5 heteroatoms. The Labute approximate surface area is 63.7 Å². The van der Waals surface area contributed by atoms with Crippen molar-refractivity contribution in [2.24, 2.45) is 0 Å². The lowest BCUT2D eigenvalue weighted by atomic mass is 10.5. The molecule has 0 aromatic carbocycles. The lowest BCUT2D eigenvalue weighted by molar-refractivity contribution is -0.0821. The van der Waals surface area contributed by atoms with Crippen LogP contribution in [0.25, 0.3) is 0 Å². The molecule has 0 fully saturated rings. The van der Waals surface area contributed by atoms with Gasteiger partial charge in [0.2, 0.25) is 0 Å². The van der Waals surface area contributed by atoms with Crippen molar-refractivity contribution in [3.05, 3.63) is 9.66 Å². The molecule has 0 aromatic rings. The molecule has 0 saturated heterocycles. The Hall–Kier alpha value is 0.220. The maximum absolute atomic E-state index is 11.4. The molecule has 1 N–H and O–H groups in total. The fourth-order valence-electron chi connectivity index (χ4n) is 0.196. The van der Waals surface area contributed by atoms with Gasteiger partial charge in [0.15, 0.2) is 0 Å². The van der Waals surface area contributed by atoms with Gasteiger partial charge in [0.05, 0.1) is 10.2 Å². The van der Waals surface area contributed by atoms with Gasteiger partial charge < -0.3 is 5.11 Å². The highest BCUT2D eigenvalue weighted by Crippen LogP contribution is 2.29. The van der Waals surface area contributed by atoms with Crippen molar-refractivity contribution < 1.29 is 18.3 Å². The summed E-state index contributed by atoms with van der Waals surface area (Å²) in [7, 11) is 0. The molecule has 0 aliphatic heterocycles. The molecule has 0 aliphatic carbocycles. The quantitative estimate of drug-likeness (QED) is 0.706. The first-order valence-corrected chi connectivity index (χ1v) is 3.10. The predicted octanol–water partition coefficient (Wildman–Crippen LogP) is 1.86. The molecule has 0 radical (unpaired) electrons. The van der Waals surface area contributed by atoms with Crippen LogP contribution in [0.1, 0.15) is 0 Å². The molecule has 0 rings (SSSR count). The lowest BCUT2D eigenvalue weighted by Crippen LogP contribution is -2.06. The summed E-state index contributed by atoms with van der Waals surface area (Å²) in [4.78, 5) is 0. The summed E-state index contributed by atoms with van der Waals surface area (Å²) < 4.78 is 33.6. The Balaban J connectivity index is 4.03. The third-order valence-corrected chi connectivity index (χ3v) is 1.59. The molecule has 0 aliphatic rings. The molecular weight excluding hydrogens is 248 g/mol. The van der Waals surface area contributed by atoms with Crippen LogP contribution < -0.4 is 0 Å². The minimum atomic E-state index is -4.30. The molecule has 9 heavy (non-hydrogen) atoms. The van der Waals surface area contributed by atoms with E-state index >= 15 is 0 Å². The van der Waals surface area contributed by atoms with Crippen LogP contribution in [0, 0.1) is 0 Å². The van der Waals surface area contributed by atoms with E-state index in [2.05, 4.69) is 0 Å². The van der Waals surface area contributed by atoms with E-state index in [1.165, 1.54) is 0 Å². The molecule has 0 aromatic heterocycles. The Morgan fingerprint density at radius 1 is 1.56 bits per heavy atom. The maximum Gasteiger partial charge on any atom is 0.421 e. The molecule has 0 atom stereocenters. The van der Waals surface area contributed by atoms with Crippen LogP contribution in [-0.2, 0) is 0 Å². The van der Waals surface area contributed by atoms with E-state index in [1.807, 2.05) is 0 Å². The number of aliphatic hydroxyl groups is 1. The number of halogens is 4. The van der Waals surface area contributed by atoms with Crippen LogP contribution in [0.5, 0.6) is 0 Å². The Morgan fingerprint density at radius 3 is 2.11 bits per heavy atom. The number of aliphatic hydroxyl groups excluding tert-OH is 1. The zero-order valence-corrected chi connectivity index (χ0v) is 6.40. The van der Waals surface area contributed by atoms with Gasteiger partial charge in [0.1, 0.15) is 0 Å². The molecule has 0 saturated carbocycles. The highest BCUT2D eigenvalue weighted by atomic mass is 127. The summed E-state index contributed by atoms with van der Waals surface area (Å²) in [6.07, 6.45) is -3.59. The number of allylic oxidation sites excluding steroid dienone is 1. The summed E-state index contributed by atoms with van der Waals surface area (Å²) in [5, 5.41) is 8.02. The normalized spacial score (nSPS) is 14.1. The smallest absolute Gasteiger partial charge is 0.392 e. The van der Waals surface area contributed by atoms with Gasteiger partial charge in [-0.3, -0.25) is 0 Å². The SMILES string of the molecule is OC/C=C(\I)C(F)(F)F. The minimum Gasteiger partial charge on any atom is -0.392 e. The van der Waals surface area contributed by atoms with E-state index in [4.69, 9.17) is 5.11 Å². The zero-order valence-electron chi connectivity index (χ0n) is 4.24. The van der Waals surface area contributed by atoms with Gasteiger partial charge >= 0.3 is 6.18 Å². The average molecular weight is 252 g/mol. The second-order valence-electron chi connectivity index (χ2n) is 1.23. The molecule has 0 heterocycles. The third-order valence-electron chi connectivity index (χ3n) is 0.541. The number of rotatable bonds is 1. The summed E-state index contributed by atoms with van der Waals surface area (Å²) in [5.74, 6) is 0. The minimum absolute atomic E-state index is 0.572. The van der Waals surface area contributed by atoms with Gasteiger partial charge in [-0.1, -0.05) is 0 Å². The van der Waals surface area contributed by atoms with Crippen LogP contribution in [0.15, 0.2) is 9.66 Å². The number of hydrogen-bond donors (Lipinski definition) is 1. The zero-order chi connectivity index (χ0) is 7.49. The molecule has 0 spiro atoms. The first-order valence-electron chi connectivity index (χ1n) is 2.02. The van der Waals surface area contributed by atoms with Gasteiger partial charge in [0, 0.05) is 0 Å². The van der Waals surface area contributed by atoms with Gasteiger partial charge in [-0.15, -0.1) is 0 Å². The van der Waals surface area contributed by atoms with Gasteiger partial charge in [0.25, 0.3) is 0 Å². The van der Waals surface area contributed by atoms with E-state index < -0.39 is 16.4 Å². The first kappa shape index (κ1) is 9.22. The second-order valence-corrected chi connectivity index (χ2v) is 2.39. The number of hydrogen-bond acceptors (Lipinski definition) is 1. The molecular formula is C4H4F3IO. The van der Waals surface area contributed by atoms with Crippen molar-refractivity contribution >= 4 is 22.6 Å². The molecule has 0 bridgehead atoms. The highest BCUT2D eigenvalue weighted by molar-refractivity contribution is 14.1. The van der Waals surface area contributed by atoms with Gasteiger partial charge in [-0.05, 0) is 28.7 Å². The molecule has 54 valence electrons. The van der Waals surface area contributed by atoms with E-state index in [1.54, 1.807) is 0 Å². The van der Waals surface area contributed by atoms with Crippen molar-refractivity contribution in [3.63, 3.8) is 0 Å². The monoisotopic (exact) mass is 252 g/mol. The summed E-state index contributed by atoms with van der Waals surface area (Å²) in [6.45, 7) is -0.572. The van der Waals surface area contributed by atoms with Crippen LogP contribution in [0.3, 0.4) is 0 Å². The summed E-state index contributed by atoms with van der Waals surface area (Å²) in [6, 6.07) is 0. The van der Waals surface area contributed by atoms with E-state index in [0.717, 1.165) is 22.6 Å². The Bertz CT molecular complexity index is 117. The summed E-state index contributed by atoms with van der Waals surface area (Å²) >= 11 is 1.12. The van der Waals surface area contributed by atoms with Crippen molar-refractivity contribution in [3.8, 4) is 0 Å². The van der Waals surface area contributed by atoms with E-state index in [0.29, 0.717) is 6.08 Å². The van der Waals surface area contributed by atoms with Crippen LogP contribution >= 0.6 is 22.6 Å². The van der Waals surface area contributed by atoms with Crippen molar-refractivity contribution in [1.82, 2.24) is 0 Å². The molecule has 0 unspecified atom stereocenters. The standard InChI is InChI=1S/C4H4F3IO/c5-4(6,7)3(8)1-2-9/h1,9H,2H2/b3-1-. The largest absolute Gasteiger partial charge is 0.421 e. The fraction of sp³-hybridized carbons (Fsp3) is 0.500. The Kier molecular flexibility index (Phi) is 3.49. The maximum atomic E-state index is 11.4. The van der Waals surface area contributed by atoms with Gasteiger partial charge in [-0.2, -0.15) is 13.2 Å². The average Bonchev–Trinajstić information content (AvgIpc) is 1.64. The number of alkyl halides is 3.